The summed E-state index contributed by atoms with van der Waals surface area (Å²) in [6.07, 6.45) is 4.45. The highest BCUT2D eigenvalue weighted by Crippen LogP contribution is 2.07. The van der Waals surface area contributed by atoms with Crippen LogP contribution in [-0.2, 0) is 9.47 Å². The van der Waals surface area contributed by atoms with Gasteiger partial charge >= 0.3 is 6.09 Å². The third kappa shape index (κ3) is 7.61. The fourth-order valence-corrected chi connectivity index (χ4v) is 0.838. The maximum atomic E-state index is 11.4. The number of ether oxygens (including phenoxy) is 2. The maximum Gasteiger partial charge on any atom is 0.412 e. The van der Waals surface area contributed by atoms with Crippen LogP contribution in [0.2, 0.25) is 0 Å². The molecule has 0 aliphatic heterocycles. The summed E-state index contributed by atoms with van der Waals surface area (Å²) in [4.78, 5) is 11.4. The van der Waals surface area contributed by atoms with Gasteiger partial charge in [0.25, 0.3) is 0 Å². The molecule has 1 amide bonds. The summed E-state index contributed by atoms with van der Waals surface area (Å²) >= 11 is 0. The normalized spacial score (nSPS) is 12.7. The predicted molar refractivity (Wildman–Crippen MR) is 59.3 cm³/mol. The Morgan fingerprint density at radius 1 is 1.33 bits per heavy atom. The van der Waals surface area contributed by atoms with Crippen molar-refractivity contribution in [1.29, 1.82) is 0 Å². The third-order valence-corrected chi connectivity index (χ3v) is 1.24. The van der Waals surface area contributed by atoms with E-state index in [1.54, 1.807) is 12.2 Å². The molecular formula is C11H19NO3. The number of nitrogens with one attached hydrogen (secondary N) is 1. The number of carbonyl (C=O) groups excluding carboxylic acids is 1. The first-order valence-electron chi connectivity index (χ1n) is 4.74. The number of methoxy groups -OCH3 is 1. The van der Waals surface area contributed by atoms with Crippen LogP contribution < -0.4 is 5.32 Å². The van der Waals surface area contributed by atoms with Gasteiger partial charge in [-0.15, -0.1) is 0 Å². The third-order valence-electron chi connectivity index (χ3n) is 1.24. The molecule has 0 rings (SSSR count). The van der Waals surface area contributed by atoms with Crippen molar-refractivity contribution in [2.45, 2.75) is 33.3 Å². The van der Waals surface area contributed by atoms with Gasteiger partial charge in [0.2, 0.25) is 0 Å². The summed E-state index contributed by atoms with van der Waals surface area (Å²) in [7, 11) is 1.51. The lowest BCUT2D eigenvalue weighted by Crippen LogP contribution is -2.31. The van der Waals surface area contributed by atoms with Gasteiger partial charge in [-0.3, -0.25) is 5.32 Å². The van der Waals surface area contributed by atoms with Crippen LogP contribution in [0.25, 0.3) is 0 Å². The fraction of sp³-hybridized carbons (Fsp3) is 0.545. The van der Waals surface area contributed by atoms with Gasteiger partial charge in [0.1, 0.15) is 11.9 Å². The van der Waals surface area contributed by atoms with Crippen LogP contribution >= 0.6 is 0 Å². The van der Waals surface area contributed by atoms with Crippen LogP contribution in [0.5, 0.6) is 0 Å². The minimum atomic E-state index is -0.502. The maximum absolute atomic E-state index is 11.4. The molecule has 4 nitrogen and oxygen atoms in total. The Morgan fingerprint density at radius 3 is 2.33 bits per heavy atom. The van der Waals surface area contributed by atoms with Crippen LogP contribution in [0.1, 0.15) is 27.7 Å². The molecule has 4 heteroatoms. The first-order valence-corrected chi connectivity index (χ1v) is 4.74. The smallest absolute Gasteiger partial charge is 0.412 e. The number of hydrogen-bond acceptors (Lipinski definition) is 3. The zero-order chi connectivity index (χ0) is 11.9. The first kappa shape index (κ1) is 13.5. The van der Waals surface area contributed by atoms with Crippen LogP contribution in [0.4, 0.5) is 4.79 Å². The zero-order valence-electron chi connectivity index (χ0n) is 9.96. The Kier molecular flexibility index (Phi) is 5.52. The summed E-state index contributed by atoms with van der Waals surface area (Å²) in [6, 6.07) is 0. The van der Waals surface area contributed by atoms with Crippen molar-refractivity contribution in [1.82, 2.24) is 5.32 Å². The first-order chi connectivity index (χ1) is 6.89. The van der Waals surface area contributed by atoms with Gasteiger partial charge < -0.3 is 9.47 Å². The molecule has 1 N–H and O–H groups in total. The molecule has 0 saturated carbocycles. The van der Waals surface area contributed by atoms with Gasteiger partial charge in [0.05, 0.1) is 12.8 Å². The molecule has 0 heterocycles. The monoisotopic (exact) mass is 213 g/mol. The molecule has 0 radical (unpaired) electrons. The number of hydrogen-bond donors (Lipinski definition) is 1. The molecule has 0 spiro atoms. The highest BCUT2D eigenvalue weighted by molar-refractivity contribution is 5.70. The van der Waals surface area contributed by atoms with E-state index < -0.39 is 11.7 Å². The Hall–Kier alpha value is -1.45. The number of amides is 1. The molecule has 86 valence electrons. The lowest BCUT2D eigenvalue weighted by Gasteiger charge is -2.19. The van der Waals surface area contributed by atoms with Crippen LogP contribution in [-0.4, -0.2) is 18.8 Å². The molecule has 0 aromatic carbocycles. The van der Waals surface area contributed by atoms with Crippen molar-refractivity contribution in [2.75, 3.05) is 7.11 Å². The molecular weight excluding hydrogens is 194 g/mol. The zero-order valence-corrected chi connectivity index (χ0v) is 9.96. The summed E-state index contributed by atoms with van der Waals surface area (Å²) in [5.74, 6) is 0. The van der Waals surface area contributed by atoms with Gasteiger partial charge in [0.15, 0.2) is 0 Å². The quantitative estimate of drug-likeness (QED) is 0.579. The Morgan fingerprint density at radius 2 is 1.93 bits per heavy atom. The van der Waals surface area contributed by atoms with Gasteiger partial charge in [-0.1, -0.05) is 6.08 Å². The second kappa shape index (κ2) is 6.11. The Balaban J connectivity index is 4.31. The van der Waals surface area contributed by atoms with Gasteiger partial charge in [-0.25, -0.2) is 4.79 Å². The molecule has 0 aliphatic carbocycles. The van der Waals surface area contributed by atoms with Crippen LogP contribution in [0.15, 0.2) is 24.1 Å². The molecule has 0 atom stereocenters. The van der Waals surface area contributed by atoms with Crippen molar-refractivity contribution in [3.63, 3.8) is 0 Å². The predicted octanol–water partition coefficient (Wildman–Crippen LogP) is 2.58. The summed E-state index contributed by atoms with van der Waals surface area (Å²) < 4.78 is 9.88. The molecule has 0 aromatic heterocycles. The van der Waals surface area contributed by atoms with Crippen molar-refractivity contribution >= 4 is 6.09 Å². The lowest BCUT2D eigenvalue weighted by molar-refractivity contribution is 0.0546. The number of rotatable bonds is 3. The topological polar surface area (TPSA) is 47.6 Å². The molecule has 0 unspecified atom stereocenters. The minimum Gasteiger partial charge on any atom is -0.502 e. The van der Waals surface area contributed by atoms with E-state index in [4.69, 9.17) is 9.47 Å². The van der Waals surface area contributed by atoms with Crippen molar-refractivity contribution < 1.29 is 14.3 Å². The number of alkyl carbamates (subject to hydrolysis) is 1. The van der Waals surface area contributed by atoms with Crippen molar-refractivity contribution in [2.24, 2.45) is 0 Å². The summed E-state index contributed by atoms with van der Waals surface area (Å²) in [5.41, 5.74) is 0.0484. The highest BCUT2D eigenvalue weighted by Gasteiger charge is 2.16. The summed E-state index contributed by atoms with van der Waals surface area (Å²) in [6.45, 7) is 7.27. The van der Waals surface area contributed by atoms with Gasteiger partial charge in [-0.2, -0.15) is 0 Å². The fourth-order valence-electron chi connectivity index (χ4n) is 0.838. The number of allylic oxidation sites excluding steroid dienone is 2. The van der Waals surface area contributed by atoms with E-state index in [-0.39, 0.29) is 0 Å². The molecule has 0 bridgehead atoms. The molecule has 0 saturated heterocycles. The molecule has 0 fully saturated rings. The van der Waals surface area contributed by atoms with E-state index in [9.17, 15) is 4.79 Å². The molecule has 0 aliphatic rings. The Labute approximate surface area is 90.9 Å². The van der Waals surface area contributed by atoms with Crippen LogP contribution in [0.3, 0.4) is 0 Å². The lowest BCUT2D eigenvalue weighted by atomic mass is 10.2. The summed E-state index contributed by atoms with van der Waals surface area (Å²) in [5, 5.41) is 2.56. The SMILES string of the molecule is C/C=C\C(=C/OC)NC(=O)OC(C)(C)C. The molecule has 15 heavy (non-hydrogen) atoms. The standard InChI is InChI=1S/C11H19NO3/c1-6-7-9(8-14-5)12-10(13)15-11(2,3)4/h6-8H,1-5H3,(H,12,13)/b7-6-,9-8+. The van der Waals surface area contributed by atoms with Crippen molar-refractivity contribution in [3.8, 4) is 0 Å². The van der Waals surface area contributed by atoms with E-state index in [0.29, 0.717) is 5.70 Å². The van der Waals surface area contributed by atoms with Crippen LogP contribution in [0, 0.1) is 0 Å². The average molecular weight is 213 g/mol. The molecule has 0 aromatic rings. The average Bonchev–Trinajstić information content (AvgIpc) is 2.00. The van der Waals surface area contributed by atoms with E-state index in [2.05, 4.69) is 5.32 Å². The Bertz CT molecular complexity index is 261. The second-order valence-corrected chi connectivity index (χ2v) is 3.94. The van der Waals surface area contributed by atoms with E-state index >= 15 is 0 Å². The van der Waals surface area contributed by atoms with Crippen molar-refractivity contribution in [3.05, 3.63) is 24.1 Å². The van der Waals surface area contributed by atoms with E-state index in [1.165, 1.54) is 13.4 Å². The van der Waals surface area contributed by atoms with E-state index in [0.717, 1.165) is 0 Å². The largest absolute Gasteiger partial charge is 0.502 e. The second-order valence-electron chi connectivity index (χ2n) is 3.94. The highest BCUT2D eigenvalue weighted by atomic mass is 16.6. The minimum absolute atomic E-state index is 0.496. The van der Waals surface area contributed by atoms with Gasteiger partial charge in [-0.05, 0) is 33.8 Å². The number of carbonyl (C=O) groups is 1. The van der Waals surface area contributed by atoms with E-state index in [1.807, 2.05) is 27.7 Å². The van der Waals surface area contributed by atoms with Gasteiger partial charge in [0, 0.05) is 0 Å².